The van der Waals surface area contributed by atoms with Crippen molar-refractivity contribution in [2.45, 2.75) is 32.7 Å². The summed E-state index contributed by atoms with van der Waals surface area (Å²) in [4.78, 5) is 12.1. The molecule has 0 spiro atoms. The van der Waals surface area contributed by atoms with E-state index in [0.717, 1.165) is 12.8 Å². The van der Waals surface area contributed by atoms with E-state index in [1.165, 1.54) is 11.1 Å². The van der Waals surface area contributed by atoms with Gasteiger partial charge in [0.15, 0.2) is 0 Å². The Morgan fingerprint density at radius 1 is 1.47 bits per heavy atom. The van der Waals surface area contributed by atoms with Crippen LogP contribution in [0.25, 0.3) is 0 Å². The van der Waals surface area contributed by atoms with Gasteiger partial charge in [0.05, 0.1) is 11.5 Å². The van der Waals surface area contributed by atoms with Crippen LogP contribution in [0.1, 0.15) is 36.9 Å². The fourth-order valence-corrected chi connectivity index (χ4v) is 2.17. The molecule has 3 nitrogen and oxygen atoms in total. The molecule has 1 aromatic rings. The third kappa shape index (κ3) is 2.34. The van der Waals surface area contributed by atoms with Gasteiger partial charge in [-0.15, -0.1) is 0 Å². The van der Waals surface area contributed by atoms with E-state index in [1.54, 1.807) is 0 Å². The molecule has 1 saturated carbocycles. The van der Waals surface area contributed by atoms with Crippen LogP contribution >= 0.6 is 0 Å². The molecule has 0 aliphatic heterocycles. The zero-order valence-corrected chi connectivity index (χ0v) is 10.5. The SMILES string of the molecule is Cc1ccccc1[C@@H](C)NC(=O)C1(CN)CC1. The molecule has 3 heteroatoms. The maximum absolute atomic E-state index is 12.1. The molecule has 0 unspecified atom stereocenters. The number of nitrogens with two attached hydrogens (primary N) is 1. The van der Waals surface area contributed by atoms with Gasteiger partial charge in [-0.2, -0.15) is 0 Å². The van der Waals surface area contributed by atoms with Crippen molar-refractivity contribution in [3.8, 4) is 0 Å². The zero-order chi connectivity index (χ0) is 12.5. The highest BCUT2D eigenvalue weighted by atomic mass is 16.2. The van der Waals surface area contributed by atoms with E-state index in [9.17, 15) is 4.79 Å². The highest BCUT2D eigenvalue weighted by Gasteiger charge is 2.48. The molecule has 1 fully saturated rings. The molecule has 1 atom stereocenters. The molecule has 0 radical (unpaired) electrons. The fraction of sp³-hybridized carbons (Fsp3) is 0.500. The first-order valence-electron chi connectivity index (χ1n) is 6.16. The van der Waals surface area contributed by atoms with Crippen LogP contribution in [-0.4, -0.2) is 12.5 Å². The standard InChI is InChI=1S/C14H20N2O/c1-10-5-3-4-6-12(10)11(2)16-13(17)14(9-15)7-8-14/h3-6,11H,7-9,15H2,1-2H3,(H,16,17)/t11-/m1/s1. The summed E-state index contributed by atoms with van der Waals surface area (Å²) in [5.41, 5.74) is 7.77. The molecule has 0 aromatic heterocycles. The molecule has 0 bridgehead atoms. The van der Waals surface area contributed by atoms with E-state index in [0.29, 0.717) is 6.54 Å². The first-order chi connectivity index (χ1) is 8.09. The Morgan fingerprint density at radius 3 is 2.65 bits per heavy atom. The molecule has 92 valence electrons. The van der Waals surface area contributed by atoms with Crippen molar-refractivity contribution in [3.63, 3.8) is 0 Å². The van der Waals surface area contributed by atoms with Crippen molar-refractivity contribution in [3.05, 3.63) is 35.4 Å². The molecule has 17 heavy (non-hydrogen) atoms. The van der Waals surface area contributed by atoms with Crippen LogP contribution in [-0.2, 0) is 4.79 Å². The second kappa shape index (κ2) is 4.49. The monoisotopic (exact) mass is 232 g/mol. The average molecular weight is 232 g/mol. The molecule has 1 aliphatic carbocycles. The number of amides is 1. The highest BCUT2D eigenvalue weighted by molar-refractivity contribution is 5.85. The number of hydrogen-bond acceptors (Lipinski definition) is 2. The lowest BCUT2D eigenvalue weighted by atomic mass is 10.0. The van der Waals surface area contributed by atoms with E-state index in [4.69, 9.17) is 5.73 Å². The lowest BCUT2D eigenvalue weighted by Gasteiger charge is -2.20. The van der Waals surface area contributed by atoms with Gasteiger partial charge in [-0.3, -0.25) is 4.79 Å². The Bertz CT molecular complexity index is 424. The number of nitrogens with one attached hydrogen (secondary N) is 1. The maximum Gasteiger partial charge on any atom is 0.227 e. The van der Waals surface area contributed by atoms with Crippen molar-refractivity contribution in [1.29, 1.82) is 0 Å². The third-order valence-corrected chi connectivity index (χ3v) is 3.73. The Labute approximate surface area is 102 Å². The second-order valence-corrected chi connectivity index (χ2v) is 5.04. The van der Waals surface area contributed by atoms with Gasteiger partial charge in [0.2, 0.25) is 5.91 Å². The summed E-state index contributed by atoms with van der Waals surface area (Å²) in [6, 6.07) is 8.18. The minimum atomic E-state index is -0.267. The van der Waals surface area contributed by atoms with Crippen LogP contribution in [0.4, 0.5) is 0 Å². The van der Waals surface area contributed by atoms with Gasteiger partial charge in [0, 0.05) is 6.54 Å². The Kier molecular flexibility index (Phi) is 3.20. The molecule has 0 saturated heterocycles. The maximum atomic E-state index is 12.1. The van der Waals surface area contributed by atoms with E-state index in [-0.39, 0.29) is 17.4 Å². The van der Waals surface area contributed by atoms with Crippen LogP contribution in [0, 0.1) is 12.3 Å². The van der Waals surface area contributed by atoms with Crippen molar-refractivity contribution in [1.82, 2.24) is 5.32 Å². The van der Waals surface area contributed by atoms with Crippen LogP contribution in [0.3, 0.4) is 0 Å². The summed E-state index contributed by atoms with van der Waals surface area (Å²) < 4.78 is 0. The van der Waals surface area contributed by atoms with Crippen molar-refractivity contribution < 1.29 is 4.79 Å². The smallest absolute Gasteiger partial charge is 0.227 e. The second-order valence-electron chi connectivity index (χ2n) is 5.04. The Morgan fingerprint density at radius 2 is 2.12 bits per heavy atom. The third-order valence-electron chi connectivity index (χ3n) is 3.73. The Balaban J connectivity index is 2.05. The lowest BCUT2D eigenvalue weighted by Crippen LogP contribution is -2.38. The molecular formula is C14H20N2O. The summed E-state index contributed by atoms with van der Waals surface area (Å²) >= 11 is 0. The van der Waals surface area contributed by atoms with Crippen LogP contribution in [0.2, 0.25) is 0 Å². The average Bonchev–Trinajstić information content (AvgIpc) is 3.10. The van der Waals surface area contributed by atoms with Gasteiger partial charge >= 0.3 is 0 Å². The lowest BCUT2D eigenvalue weighted by molar-refractivity contribution is -0.126. The predicted octanol–water partition coefficient (Wildman–Crippen LogP) is 1.91. The molecule has 1 aromatic carbocycles. The minimum absolute atomic E-state index is 0.0488. The van der Waals surface area contributed by atoms with Crippen molar-refractivity contribution in [2.24, 2.45) is 11.1 Å². The van der Waals surface area contributed by atoms with Gasteiger partial charge in [0.25, 0.3) is 0 Å². The topological polar surface area (TPSA) is 55.1 Å². The number of benzene rings is 1. The number of rotatable bonds is 4. The number of aryl methyl sites for hydroxylation is 1. The summed E-state index contributed by atoms with van der Waals surface area (Å²) in [5, 5.41) is 3.07. The molecular weight excluding hydrogens is 212 g/mol. The van der Waals surface area contributed by atoms with Gasteiger partial charge in [-0.05, 0) is 37.8 Å². The van der Waals surface area contributed by atoms with Gasteiger partial charge in [-0.25, -0.2) is 0 Å². The highest BCUT2D eigenvalue weighted by Crippen LogP contribution is 2.45. The van der Waals surface area contributed by atoms with Gasteiger partial charge < -0.3 is 11.1 Å². The molecule has 0 heterocycles. The largest absolute Gasteiger partial charge is 0.349 e. The normalized spacial score (nSPS) is 18.5. The van der Waals surface area contributed by atoms with Crippen molar-refractivity contribution >= 4 is 5.91 Å². The molecule has 3 N–H and O–H groups in total. The van der Waals surface area contributed by atoms with Crippen LogP contribution in [0.5, 0.6) is 0 Å². The van der Waals surface area contributed by atoms with Crippen LogP contribution < -0.4 is 11.1 Å². The number of hydrogen-bond donors (Lipinski definition) is 2. The quantitative estimate of drug-likeness (QED) is 0.833. The van der Waals surface area contributed by atoms with Gasteiger partial charge in [0.1, 0.15) is 0 Å². The molecule has 2 rings (SSSR count). The molecule has 1 aliphatic rings. The number of carbonyl (C=O) groups is 1. The van der Waals surface area contributed by atoms with Crippen molar-refractivity contribution in [2.75, 3.05) is 6.54 Å². The fourth-order valence-electron chi connectivity index (χ4n) is 2.17. The number of carbonyl (C=O) groups excluding carboxylic acids is 1. The van der Waals surface area contributed by atoms with Gasteiger partial charge in [-0.1, -0.05) is 24.3 Å². The summed E-state index contributed by atoms with van der Waals surface area (Å²) in [7, 11) is 0. The summed E-state index contributed by atoms with van der Waals surface area (Å²) in [6.45, 7) is 4.54. The van der Waals surface area contributed by atoms with E-state index >= 15 is 0 Å². The summed E-state index contributed by atoms with van der Waals surface area (Å²) in [5.74, 6) is 0.107. The van der Waals surface area contributed by atoms with E-state index in [1.807, 2.05) is 19.1 Å². The first-order valence-corrected chi connectivity index (χ1v) is 6.16. The van der Waals surface area contributed by atoms with Crippen LogP contribution in [0.15, 0.2) is 24.3 Å². The summed E-state index contributed by atoms with van der Waals surface area (Å²) in [6.07, 6.45) is 1.85. The Hall–Kier alpha value is -1.35. The predicted molar refractivity (Wildman–Crippen MR) is 68.5 cm³/mol. The van der Waals surface area contributed by atoms with E-state index < -0.39 is 0 Å². The molecule has 1 amide bonds. The first kappa shape index (κ1) is 12.1. The zero-order valence-electron chi connectivity index (χ0n) is 10.5. The minimum Gasteiger partial charge on any atom is -0.349 e. The van der Waals surface area contributed by atoms with E-state index in [2.05, 4.69) is 24.4 Å².